The first-order valence-electron chi connectivity index (χ1n) is 11.0. The fourth-order valence-electron chi connectivity index (χ4n) is 4.09. The Labute approximate surface area is 208 Å². The molecule has 186 valence electrons. The minimum atomic E-state index is -4.49. The molecule has 0 spiro atoms. The number of aromatic nitrogens is 2. The molecule has 12 heteroatoms. The van der Waals surface area contributed by atoms with E-state index in [9.17, 15) is 27.1 Å². The predicted molar refractivity (Wildman–Crippen MR) is 125 cm³/mol. The maximum absolute atomic E-state index is 14.9. The molecule has 1 heterocycles. The van der Waals surface area contributed by atoms with E-state index in [0.29, 0.717) is 10.4 Å². The molecule has 4 rings (SSSR count). The maximum atomic E-state index is 14.9. The summed E-state index contributed by atoms with van der Waals surface area (Å²) in [7, 11) is -4.49. The molecule has 2 aromatic carbocycles. The molecule has 1 aliphatic carbocycles. The Morgan fingerprint density at radius 2 is 1.89 bits per heavy atom. The van der Waals surface area contributed by atoms with Crippen molar-refractivity contribution in [2.24, 2.45) is 0 Å². The molecular formula is C23H22BrF2N3O5S. The average Bonchev–Trinajstić information content (AvgIpc) is 3.29. The Balaban J connectivity index is 1.51. The van der Waals surface area contributed by atoms with Crippen molar-refractivity contribution in [2.75, 3.05) is 0 Å². The quantitative estimate of drug-likeness (QED) is 0.399. The van der Waals surface area contributed by atoms with Crippen LogP contribution in [0, 0.1) is 11.6 Å². The van der Waals surface area contributed by atoms with Crippen molar-refractivity contribution >= 4 is 31.9 Å². The van der Waals surface area contributed by atoms with Crippen LogP contribution >= 0.6 is 15.9 Å². The minimum absolute atomic E-state index is 0.0870. The van der Waals surface area contributed by atoms with Crippen molar-refractivity contribution in [1.82, 2.24) is 14.9 Å². The van der Waals surface area contributed by atoms with Gasteiger partial charge in [-0.05, 0) is 55.2 Å². The SMILES string of the molecule is O=C(O)C(Cc1ccc(-c2noc(C3CCCCC3)n2)c(F)c1)NS(=O)(=O)c1ccc(Br)cc1F. The number of carboxylic acid groups (broad SMARTS) is 1. The number of hydrogen-bond acceptors (Lipinski definition) is 6. The first kappa shape index (κ1) is 25.4. The predicted octanol–water partition coefficient (Wildman–Crippen LogP) is 4.80. The molecule has 1 aromatic heterocycles. The molecule has 1 aliphatic rings. The minimum Gasteiger partial charge on any atom is -0.480 e. The summed E-state index contributed by atoms with van der Waals surface area (Å²) in [5.74, 6) is -2.51. The van der Waals surface area contributed by atoms with Gasteiger partial charge in [-0.2, -0.15) is 9.71 Å². The molecule has 1 saturated carbocycles. The van der Waals surface area contributed by atoms with Gasteiger partial charge in [-0.15, -0.1) is 0 Å². The summed E-state index contributed by atoms with van der Waals surface area (Å²) >= 11 is 3.03. The van der Waals surface area contributed by atoms with Gasteiger partial charge < -0.3 is 9.63 Å². The summed E-state index contributed by atoms with van der Waals surface area (Å²) in [5.41, 5.74) is 0.303. The van der Waals surface area contributed by atoms with Crippen molar-refractivity contribution in [3.8, 4) is 11.4 Å². The fourth-order valence-corrected chi connectivity index (χ4v) is 5.67. The molecule has 0 aliphatic heterocycles. The summed E-state index contributed by atoms with van der Waals surface area (Å²) in [5, 5.41) is 13.4. The second kappa shape index (κ2) is 10.5. The van der Waals surface area contributed by atoms with Crippen LogP contribution in [-0.4, -0.2) is 35.7 Å². The van der Waals surface area contributed by atoms with Gasteiger partial charge in [-0.1, -0.05) is 46.4 Å². The van der Waals surface area contributed by atoms with Crippen LogP contribution < -0.4 is 4.72 Å². The van der Waals surface area contributed by atoms with Gasteiger partial charge in [0.2, 0.25) is 21.7 Å². The van der Waals surface area contributed by atoms with Gasteiger partial charge >= 0.3 is 5.97 Å². The summed E-state index contributed by atoms with van der Waals surface area (Å²) < 4.78 is 61.8. The molecule has 1 fully saturated rings. The lowest BCUT2D eigenvalue weighted by atomic mass is 9.89. The van der Waals surface area contributed by atoms with Crippen LogP contribution in [0.15, 0.2) is 50.3 Å². The van der Waals surface area contributed by atoms with Crippen molar-refractivity contribution in [3.63, 3.8) is 0 Å². The van der Waals surface area contributed by atoms with E-state index in [-0.39, 0.29) is 29.3 Å². The fraction of sp³-hybridized carbons (Fsp3) is 0.348. The topological polar surface area (TPSA) is 122 Å². The van der Waals surface area contributed by atoms with Crippen LogP contribution in [0.4, 0.5) is 8.78 Å². The number of benzene rings is 2. The third-order valence-corrected chi connectivity index (χ3v) is 7.89. The third kappa shape index (κ3) is 5.93. The van der Waals surface area contributed by atoms with Gasteiger partial charge in [-0.25, -0.2) is 17.2 Å². The van der Waals surface area contributed by atoms with Gasteiger partial charge in [-0.3, -0.25) is 4.79 Å². The standard InChI is InChI=1S/C23H22BrF2N3O5S/c24-15-7-9-20(18(26)12-15)35(32,33)29-19(23(30)31)11-13-6-8-16(17(25)10-13)21-27-22(34-28-21)14-4-2-1-3-5-14/h6-10,12,14,19,29H,1-5,11H2,(H,30,31). The summed E-state index contributed by atoms with van der Waals surface area (Å²) in [4.78, 5) is 15.4. The Kier molecular flexibility index (Phi) is 7.62. The second-order valence-corrected chi connectivity index (χ2v) is 11.0. The summed E-state index contributed by atoms with van der Waals surface area (Å²) in [6.07, 6.45) is 4.84. The zero-order valence-electron chi connectivity index (χ0n) is 18.4. The van der Waals surface area contributed by atoms with Gasteiger partial charge in [0.05, 0.1) is 5.56 Å². The monoisotopic (exact) mass is 569 g/mol. The van der Waals surface area contributed by atoms with E-state index in [2.05, 4.69) is 26.1 Å². The number of halogens is 3. The Bertz CT molecular complexity index is 1340. The lowest BCUT2D eigenvalue weighted by Crippen LogP contribution is -2.42. The van der Waals surface area contributed by atoms with Gasteiger partial charge in [0.15, 0.2) is 0 Å². The highest BCUT2D eigenvalue weighted by molar-refractivity contribution is 9.10. The molecule has 1 atom stereocenters. The van der Waals surface area contributed by atoms with E-state index in [1.54, 1.807) is 0 Å². The Morgan fingerprint density at radius 1 is 1.14 bits per heavy atom. The number of aliphatic carboxylic acids is 1. The zero-order valence-corrected chi connectivity index (χ0v) is 20.8. The summed E-state index contributed by atoms with van der Waals surface area (Å²) in [6, 6.07) is 5.57. The molecule has 0 amide bonds. The van der Waals surface area contributed by atoms with E-state index in [4.69, 9.17) is 4.52 Å². The molecule has 2 N–H and O–H groups in total. The van der Waals surface area contributed by atoms with Crippen LogP contribution in [0.3, 0.4) is 0 Å². The first-order chi connectivity index (χ1) is 16.6. The number of nitrogens with zero attached hydrogens (tertiary/aromatic N) is 2. The van der Waals surface area contributed by atoms with Crippen LogP contribution in [-0.2, 0) is 21.2 Å². The maximum Gasteiger partial charge on any atom is 0.322 e. The van der Waals surface area contributed by atoms with E-state index in [0.717, 1.165) is 43.9 Å². The van der Waals surface area contributed by atoms with Crippen LogP contribution in [0.25, 0.3) is 11.4 Å². The molecule has 1 unspecified atom stereocenters. The molecule has 35 heavy (non-hydrogen) atoms. The van der Waals surface area contributed by atoms with Gasteiger partial charge in [0.1, 0.15) is 22.6 Å². The largest absolute Gasteiger partial charge is 0.480 e. The van der Waals surface area contributed by atoms with Crippen molar-refractivity contribution < 1.29 is 31.6 Å². The van der Waals surface area contributed by atoms with Crippen molar-refractivity contribution in [3.05, 3.63) is 64.0 Å². The zero-order chi connectivity index (χ0) is 25.2. The summed E-state index contributed by atoms with van der Waals surface area (Å²) in [6.45, 7) is 0. The van der Waals surface area contributed by atoms with E-state index < -0.39 is 38.6 Å². The number of sulfonamides is 1. The van der Waals surface area contributed by atoms with Crippen LogP contribution in [0.2, 0.25) is 0 Å². The highest BCUT2D eigenvalue weighted by atomic mass is 79.9. The molecule has 3 aromatic rings. The molecular weight excluding hydrogens is 548 g/mol. The van der Waals surface area contributed by atoms with E-state index >= 15 is 0 Å². The van der Waals surface area contributed by atoms with Gasteiger partial charge in [0.25, 0.3) is 0 Å². The second-order valence-electron chi connectivity index (χ2n) is 8.40. The van der Waals surface area contributed by atoms with Crippen LogP contribution in [0.1, 0.15) is 49.5 Å². The number of rotatable bonds is 8. The lowest BCUT2D eigenvalue weighted by molar-refractivity contribution is -0.138. The molecule has 8 nitrogen and oxygen atoms in total. The third-order valence-electron chi connectivity index (χ3n) is 5.89. The van der Waals surface area contributed by atoms with Crippen molar-refractivity contribution in [1.29, 1.82) is 0 Å². The highest BCUT2D eigenvalue weighted by Gasteiger charge is 2.28. The number of carboxylic acids is 1. The smallest absolute Gasteiger partial charge is 0.322 e. The van der Waals surface area contributed by atoms with E-state index in [1.165, 1.54) is 24.6 Å². The van der Waals surface area contributed by atoms with E-state index in [1.807, 2.05) is 4.72 Å². The average molecular weight is 570 g/mol. The first-order valence-corrected chi connectivity index (χ1v) is 13.2. The lowest BCUT2D eigenvalue weighted by Gasteiger charge is -2.17. The normalized spacial score (nSPS) is 15.7. The molecule has 0 bridgehead atoms. The van der Waals surface area contributed by atoms with Crippen LogP contribution in [0.5, 0.6) is 0 Å². The number of nitrogens with one attached hydrogen (secondary N) is 1. The molecule has 0 radical (unpaired) electrons. The van der Waals surface area contributed by atoms with Gasteiger partial charge in [0, 0.05) is 10.4 Å². The molecule has 0 saturated heterocycles. The highest BCUT2D eigenvalue weighted by Crippen LogP contribution is 2.33. The Morgan fingerprint density at radius 3 is 2.54 bits per heavy atom. The number of carbonyl (C=O) groups is 1. The number of hydrogen-bond donors (Lipinski definition) is 2. The Hall–Kier alpha value is -2.70. The van der Waals surface area contributed by atoms with Crippen molar-refractivity contribution in [2.45, 2.75) is 55.4 Å².